The molecule has 6 aliphatic rings. The number of aromatic nitrogens is 4. The monoisotopic (exact) mass is 1970 g/mol. The van der Waals surface area contributed by atoms with E-state index in [2.05, 4.69) is 131 Å². The van der Waals surface area contributed by atoms with Crippen molar-refractivity contribution in [2.24, 2.45) is 24.7 Å². The number of carbonyl (C=O) groups excluding carboxylic acids is 3. The van der Waals surface area contributed by atoms with E-state index in [1.165, 1.54) is 82.2 Å². The van der Waals surface area contributed by atoms with Gasteiger partial charge in [-0.2, -0.15) is 4.36 Å². The number of allylic oxidation sites excluding steroid dienone is 2. The molecule has 0 bridgehead atoms. The number of piperazine rings is 2. The Kier molecular flexibility index (Phi) is 30.2. The zero-order chi connectivity index (χ0) is 95.9. The van der Waals surface area contributed by atoms with E-state index >= 15 is 0 Å². The number of amides is 4. The number of pyridine rings is 2. The van der Waals surface area contributed by atoms with Gasteiger partial charge in [-0.25, -0.2) is 49.5 Å². The van der Waals surface area contributed by atoms with Crippen molar-refractivity contribution in [1.29, 1.82) is 0 Å². The van der Waals surface area contributed by atoms with Crippen molar-refractivity contribution in [3.05, 3.63) is 245 Å². The summed E-state index contributed by atoms with van der Waals surface area (Å²) in [6, 6.07) is 40.2. The number of hydrogen-bond acceptors (Lipinski definition) is 23. The Bertz CT molecular complexity index is 6890. The molecule has 4 amide bonds. The number of carbonyl (C=O) groups is 3. The number of benzene rings is 6. The van der Waals surface area contributed by atoms with Crippen molar-refractivity contribution in [3.63, 3.8) is 0 Å². The molecule has 2 aliphatic carbocycles. The zero-order valence-electron chi connectivity index (χ0n) is 76.2. The Hall–Kier alpha value is -11.1. The summed E-state index contributed by atoms with van der Waals surface area (Å²) in [7, 11) is -16.2. The molecule has 4 aliphatic heterocycles. The first kappa shape index (κ1) is 98.4. The fourth-order valence-electron chi connectivity index (χ4n) is 18.3. The summed E-state index contributed by atoms with van der Waals surface area (Å²) in [6.45, 7) is 20.9. The second-order valence-corrected chi connectivity index (χ2v) is 49.1. The van der Waals surface area contributed by atoms with Crippen molar-refractivity contribution in [2.75, 3.05) is 144 Å². The van der Waals surface area contributed by atoms with Gasteiger partial charge < -0.3 is 44.8 Å². The van der Waals surface area contributed by atoms with Gasteiger partial charge in [0.15, 0.2) is 0 Å². The third kappa shape index (κ3) is 25.4. The molecule has 0 spiro atoms. The Labute approximate surface area is 798 Å². The van der Waals surface area contributed by atoms with E-state index in [0.29, 0.717) is 148 Å². The summed E-state index contributed by atoms with van der Waals surface area (Å²) in [5.41, 5.74) is 16.6. The molecule has 0 atom stereocenters. The molecule has 8 heterocycles. The van der Waals surface area contributed by atoms with Gasteiger partial charge >= 0.3 is 6.03 Å². The molecule has 135 heavy (non-hydrogen) atoms. The standard InChI is InChI=1S/C48H56ClN9O7S2.C48H57ClN8O8S3/c1-48(2)16-14-36(42(30-48)33-6-9-37(49)10-7-33)32-56-19-21-57(22-20-56)38-11-13-41(44(28-38)65-39-27-35-15-17-51-45(35)52-31-39)46(59)53-67(63,64)40-12-8-34(43(29-40)58(61)62)5-4-18-55-23-25-66(3,26-24-55)54-47(50)60;1-48(2)17-15-37(43(31-48)34-7-10-38(49)11-8-34)33-55-20-22-56(23-21-55)39-12-14-42(45(29-39)65-40-28-36-16-18-50-46(36)51-32-40)47(58)52-68(63,64)41-13-9-35(44(30-41)57(59)60)6-5-19-54-24-26-66(3,27-25-54)53-67(4,61)62/h6-13,15,17,27-29,31H,3-5,14,16,18-26,30,32H2,1-2H3,(H2,50,60)(H,51,52)(H,53,59);7-14,16,18,28-30,32H,3,5-6,15,17,19-27,31,33H2,1-2,4H3,(H,50,51)(H,52,58). The first-order chi connectivity index (χ1) is 64.1. The molecule has 0 radical (unpaired) electrons. The van der Waals surface area contributed by atoms with Crippen LogP contribution in [0.4, 0.5) is 27.5 Å². The molecular formula is C96H113Cl2N17O15S5. The lowest BCUT2D eigenvalue weighted by atomic mass is 9.72. The molecule has 32 nitrogen and oxygen atoms in total. The first-order valence-corrected chi connectivity index (χ1v) is 54.6. The minimum atomic E-state index is -4.60. The van der Waals surface area contributed by atoms with E-state index in [-0.39, 0.29) is 44.8 Å². The zero-order valence-corrected chi connectivity index (χ0v) is 81.8. The second-order valence-electron chi connectivity index (χ2n) is 37.0. The Morgan fingerprint density at radius 3 is 1.30 bits per heavy atom. The van der Waals surface area contributed by atoms with E-state index in [1.807, 2.05) is 36.4 Å². The highest BCUT2D eigenvalue weighted by atomic mass is 35.5. The third-order valence-electron chi connectivity index (χ3n) is 25.8. The van der Waals surface area contributed by atoms with Gasteiger partial charge in [-0.3, -0.25) is 39.6 Å². The molecule has 716 valence electrons. The molecule has 6 N–H and O–H groups in total. The molecular weight excluding hydrogens is 1860 g/mol. The lowest BCUT2D eigenvalue weighted by Crippen LogP contribution is -2.47. The fourth-order valence-corrected chi connectivity index (χ4v) is 26.8. The number of nitrogens with one attached hydrogen (secondary N) is 4. The van der Waals surface area contributed by atoms with Crippen LogP contribution in [0.3, 0.4) is 0 Å². The summed E-state index contributed by atoms with van der Waals surface area (Å²) < 4.78 is 104. The van der Waals surface area contributed by atoms with Crippen molar-refractivity contribution in [2.45, 2.75) is 102 Å². The summed E-state index contributed by atoms with van der Waals surface area (Å²) in [5, 5.41) is 27.5. The van der Waals surface area contributed by atoms with Crippen LogP contribution in [0.2, 0.25) is 10.0 Å². The molecule has 10 aromatic rings. The highest BCUT2D eigenvalue weighted by Crippen LogP contribution is 2.46. The number of nitrogens with zero attached hydrogens (tertiary/aromatic N) is 12. The summed E-state index contributed by atoms with van der Waals surface area (Å²) in [6.07, 6.45) is 15.7. The van der Waals surface area contributed by atoms with Gasteiger partial charge in [-0.15, -0.1) is 22.6 Å². The van der Waals surface area contributed by atoms with E-state index < -0.39 is 86.4 Å². The lowest BCUT2D eigenvalue weighted by molar-refractivity contribution is -0.385. The average Bonchev–Trinajstić information content (AvgIpc) is 1.40. The quantitative estimate of drug-likeness (QED) is 0.0165. The molecule has 4 saturated heterocycles. The van der Waals surface area contributed by atoms with Crippen molar-refractivity contribution in [1.82, 2.24) is 49.0 Å². The van der Waals surface area contributed by atoms with Crippen LogP contribution in [-0.4, -0.2) is 238 Å². The number of aromatic amines is 2. The van der Waals surface area contributed by atoms with E-state index in [1.54, 1.807) is 48.8 Å². The number of anilines is 2. The maximum absolute atomic E-state index is 14.0. The number of nitro groups is 2. The van der Waals surface area contributed by atoms with Crippen molar-refractivity contribution in [3.8, 4) is 23.0 Å². The molecule has 16 rings (SSSR count). The van der Waals surface area contributed by atoms with E-state index in [0.717, 1.165) is 128 Å². The third-order valence-corrected chi connectivity index (χ3v) is 35.7. The van der Waals surface area contributed by atoms with Gasteiger partial charge in [0.1, 0.15) is 34.3 Å². The van der Waals surface area contributed by atoms with Crippen molar-refractivity contribution >= 4 is 158 Å². The highest BCUT2D eigenvalue weighted by molar-refractivity contribution is 8.08. The number of aryl methyl sites for hydroxylation is 2. The van der Waals surface area contributed by atoms with Gasteiger partial charge in [0, 0.05) is 195 Å². The first-order valence-electron chi connectivity index (χ1n) is 44.9. The largest absolute Gasteiger partial charge is 0.455 e. The van der Waals surface area contributed by atoms with Gasteiger partial charge in [0.2, 0.25) is 0 Å². The Morgan fingerprint density at radius 2 is 0.919 bits per heavy atom. The minimum absolute atomic E-state index is 0.0492. The number of halogens is 2. The molecule has 0 saturated carbocycles. The highest BCUT2D eigenvalue weighted by Gasteiger charge is 2.35. The molecule has 6 aromatic carbocycles. The second kappa shape index (κ2) is 41.5. The number of nitrogens with two attached hydrogens (primary N) is 1. The number of primary amides is 1. The molecule has 0 unspecified atom stereocenters. The van der Waals surface area contributed by atoms with Crippen LogP contribution in [0.25, 0.3) is 33.2 Å². The fraction of sp³-hybridized carbons (Fsp3) is 0.385. The van der Waals surface area contributed by atoms with Crippen LogP contribution in [0.5, 0.6) is 23.0 Å². The van der Waals surface area contributed by atoms with Gasteiger partial charge in [-0.05, 0) is 195 Å². The number of nitro benzene ring substituents is 2. The number of fused-ring (bicyclic) bond motifs is 2. The number of sulfonamides is 3. The topological polar surface area (TPSA) is 410 Å². The number of hydrogen-bond donors (Lipinski definition) is 5. The van der Waals surface area contributed by atoms with Crippen LogP contribution < -0.4 is 34.5 Å². The summed E-state index contributed by atoms with van der Waals surface area (Å²) in [4.78, 5) is 90.4. The maximum atomic E-state index is 14.0. The van der Waals surface area contributed by atoms with Gasteiger partial charge in [-0.1, -0.05) is 110 Å². The molecule has 39 heteroatoms. The van der Waals surface area contributed by atoms with Crippen LogP contribution in [0.15, 0.2) is 199 Å². The predicted molar refractivity (Wildman–Crippen MR) is 537 cm³/mol. The maximum Gasteiger partial charge on any atom is 0.343 e. The lowest BCUT2D eigenvalue weighted by Gasteiger charge is -2.39. The Balaban J connectivity index is 0.000000206. The Morgan fingerprint density at radius 1 is 0.526 bits per heavy atom. The van der Waals surface area contributed by atoms with Gasteiger partial charge in [0.25, 0.3) is 53.3 Å². The smallest absolute Gasteiger partial charge is 0.343 e. The van der Waals surface area contributed by atoms with Crippen LogP contribution in [-0.2, 0) is 61.7 Å². The average molecular weight is 1980 g/mol. The minimum Gasteiger partial charge on any atom is -0.455 e. The summed E-state index contributed by atoms with van der Waals surface area (Å²) in [5.74, 6) is 9.54. The number of ether oxygens (including phenoxy) is 2. The van der Waals surface area contributed by atoms with E-state index in [9.17, 15) is 59.9 Å². The van der Waals surface area contributed by atoms with Crippen molar-refractivity contribution < 1.29 is 59.0 Å². The van der Waals surface area contributed by atoms with E-state index in [4.69, 9.17) is 38.4 Å². The summed E-state index contributed by atoms with van der Waals surface area (Å²) >= 11 is 12.5. The number of rotatable bonds is 29. The SMILES string of the molecule is C=S1(=NC(N)=O)CCN(CCCc2ccc(S(=O)(=O)NC(=O)c3ccc(N4CCN(CC5=C(c6ccc(Cl)cc6)CC(C)(C)CC5)CC4)cc3Oc3cnc4[nH]ccc4c3)cc2[N+](=O)[O-])CC1.C=S1(=NS(C)(=O)=O)CCN(CCCc2ccc(S(=O)(=O)NC(=O)c3ccc(N4CCN(CC5=C(c6ccc(Cl)cc6)CC(C)(C)CC5)CC4)cc3Oc3cnc4[nH]ccc4c3)cc2[N+](=O)[O-])CC1. The molecule has 4 aromatic heterocycles. The van der Waals surface area contributed by atoms with Crippen LogP contribution >= 0.6 is 23.2 Å². The predicted octanol–water partition coefficient (Wildman–Crippen LogP) is 15.7. The number of H-pyrrole nitrogens is 2. The normalized spacial score (nSPS) is 18.0. The van der Waals surface area contributed by atoms with Crippen LogP contribution in [0, 0.1) is 31.1 Å². The molecule has 4 fully saturated rings. The number of urea groups is 1. The van der Waals surface area contributed by atoms with Crippen LogP contribution in [0.1, 0.15) is 122 Å². The van der Waals surface area contributed by atoms with Gasteiger partial charge in [0.05, 0.1) is 49.4 Å².